The standard InChI is InChI=1S/C19H19ClN4O3/c1-11(18(26)24-19-22-14-5-3-4-6-15(14)23-19)21-17(25)10-12-7-8-16(27-2)13(20)9-12/h3-9,11H,10H2,1-2H3,(H,21,25)(H2,22,23,24,26). The molecule has 0 radical (unpaired) electrons. The summed E-state index contributed by atoms with van der Waals surface area (Å²) in [6.45, 7) is 1.61. The number of fused-ring (bicyclic) bond motifs is 1. The van der Waals surface area contributed by atoms with E-state index >= 15 is 0 Å². The zero-order valence-corrected chi connectivity index (χ0v) is 15.6. The number of halogens is 1. The van der Waals surface area contributed by atoms with Gasteiger partial charge in [-0.05, 0) is 36.8 Å². The third kappa shape index (κ3) is 4.57. The predicted molar refractivity (Wildman–Crippen MR) is 104 cm³/mol. The highest BCUT2D eigenvalue weighted by molar-refractivity contribution is 6.32. The molecule has 0 aliphatic heterocycles. The summed E-state index contributed by atoms with van der Waals surface area (Å²) in [6, 6.07) is 11.8. The van der Waals surface area contributed by atoms with Gasteiger partial charge in [0.15, 0.2) is 0 Å². The lowest BCUT2D eigenvalue weighted by Crippen LogP contribution is -2.42. The number of rotatable bonds is 6. The van der Waals surface area contributed by atoms with Gasteiger partial charge in [-0.15, -0.1) is 0 Å². The second kappa shape index (κ2) is 8.09. The lowest BCUT2D eigenvalue weighted by molar-refractivity contribution is -0.125. The number of methoxy groups -OCH3 is 1. The molecule has 2 amide bonds. The van der Waals surface area contributed by atoms with Gasteiger partial charge in [-0.3, -0.25) is 14.9 Å². The number of nitrogens with zero attached hydrogens (tertiary/aromatic N) is 1. The van der Waals surface area contributed by atoms with Crippen LogP contribution in [0, 0.1) is 0 Å². The normalized spacial score (nSPS) is 11.8. The van der Waals surface area contributed by atoms with Crippen LogP contribution in [0.4, 0.5) is 5.95 Å². The lowest BCUT2D eigenvalue weighted by atomic mass is 10.1. The van der Waals surface area contributed by atoms with E-state index in [2.05, 4.69) is 20.6 Å². The summed E-state index contributed by atoms with van der Waals surface area (Å²) in [5.41, 5.74) is 2.30. The van der Waals surface area contributed by atoms with Crippen molar-refractivity contribution in [1.82, 2.24) is 15.3 Å². The monoisotopic (exact) mass is 386 g/mol. The zero-order valence-electron chi connectivity index (χ0n) is 14.9. The maximum atomic E-state index is 12.3. The van der Waals surface area contributed by atoms with Crippen LogP contribution in [0.5, 0.6) is 5.75 Å². The van der Waals surface area contributed by atoms with Crippen LogP contribution in [-0.2, 0) is 16.0 Å². The molecule has 1 aromatic heterocycles. The van der Waals surface area contributed by atoms with Gasteiger partial charge in [-0.1, -0.05) is 29.8 Å². The average Bonchev–Trinajstić information content (AvgIpc) is 3.04. The molecule has 0 spiro atoms. The van der Waals surface area contributed by atoms with E-state index in [4.69, 9.17) is 16.3 Å². The molecule has 0 saturated carbocycles. The summed E-state index contributed by atoms with van der Waals surface area (Å²) in [5.74, 6) is 0.224. The van der Waals surface area contributed by atoms with Crippen molar-refractivity contribution in [3.63, 3.8) is 0 Å². The van der Waals surface area contributed by atoms with Crippen LogP contribution in [-0.4, -0.2) is 34.9 Å². The number of anilines is 1. The van der Waals surface area contributed by atoms with E-state index in [-0.39, 0.29) is 18.2 Å². The van der Waals surface area contributed by atoms with Crippen molar-refractivity contribution in [2.24, 2.45) is 0 Å². The fraction of sp³-hybridized carbons (Fsp3) is 0.211. The van der Waals surface area contributed by atoms with E-state index in [0.717, 1.165) is 16.6 Å². The van der Waals surface area contributed by atoms with Crippen molar-refractivity contribution in [1.29, 1.82) is 0 Å². The number of para-hydroxylation sites is 2. The highest BCUT2D eigenvalue weighted by Gasteiger charge is 2.17. The van der Waals surface area contributed by atoms with Crippen molar-refractivity contribution in [2.75, 3.05) is 12.4 Å². The Morgan fingerprint density at radius 3 is 2.74 bits per heavy atom. The molecule has 2 aromatic carbocycles. The highest BCUT2D eigenvalue weighted by atomic mass is 35.5. The number of H-pyrrole nitrogens is 1. The second-order valence-corrected chi connectivity index (χ2v) is 6.43. The maximum absolute atomic E-state index is 12.3. The number of nitrogens with one attached hydrogen (secondary N) is 3. The number of amides is 2. The molecule has 3 rings (SSSR count). The number of aromatic nitrogens is 2. The largest absolute Gasteiger partial charge is 0.495 e. The van der Waals surface area contributed by atoms with Crippen molar-refractivity contribution in [3.05, 3.63) is 53.1 Å². The first-order chi connectivity index (χ1) is 13.0. The predicted octanol–water partition coefficient (Wildman–Crippen LogP) is 2.91. The quantitative estimate of drug-likeness (QED) is 0.607. The third-order valence-electron chi connectivity index (χ3n) is 3.98. The number of imidazole rings is 1. The molecule has 0 saturated heterocycles. The first-order valence-corrected chi connectivity index (χ1v) is 8.71. The molecule has 3 N–H and O–H groups in total. The Bertz CT molecular complexity index is 953. The fourth-order valence-corrected chi connectivity index (χ4v) is 2.88. The number of carbonyl (C=O) groups excluding carboxylic acids is 2. The lowest BCUT2D eigenvalue weighted by Gasteiger charge is -2.13. The van der Waals surface area contributed by atoms with Gasteiger partial charge in [0.2, 0.25) is 17.8 Å². The topological polar surface area (TPSA) is 96.1 Å². The van der Waals surface area contributed by atoms with Crippen molar-refractivity contribution < 1.29 is 14.3 Å². The Morgan fingerprint density at radius 1 is 1.26 bits per heavy atom. The van der Waals surface area contributed by atoms with E-state index in [1.54, 1.807) is 25.1 Å². The van der Waals surface area contributed by atoms with E-state index < -0.39 is 6.04 Å². The van der Waals surface area contributed by atoms with E-state index in [9.17, 15) is 9.59 Å². The van der Waals surface area contributed by atoms with Gasteiger partial charge < -0.3 is 15.0 Å². The van der Waals surface area contributed by atoms with Crippen LogP contribution in [0.25, 0.3) is 11.0 Å². The zero-order chi connectivity index (χ0) is 19.4. The van der Waals surface area contributed by atoms with Crippen molar-refractivity contribution in [2.45, 2.75) is 19.4 Å². The molecular formula is C19H19ClN4O3. The number of benzene rings is 2. The molecule has 0 aliphatic rings. The van der Waals surface area contributed by atoms with Crippen LogP contribution >= 0.6 is 11.6 Å². The number of hydrogen-bond acceptors (Lipinski definition) is 4. The molecule has 1 atom stereocenters. The molecule has 8 heteroatoms. The molecule has 7 nitrogen and oxygen atoms in total. The third-order valence-corrected chi connectivity index (χ3v) is 4.28. The van der Waals surface area contributed by atoms with Gasteiger partial charge >= 0.3 is 0 Å². The Kier molecular flexibility index (Phi) is 5.61. The maximum Gasteiger partial charge on any atom is 0.248 e. The highest BCUT2D eigenvalue weighted by Crippen LogP contribution is 2.25. The Labute approximate surface area is 161 Å². The Hall–Kier alpha value is -3.06. The molecule has 140 valence electrons. The minimum absolute atomic E-state index is 0.103. The van der Waals surface area contributed by atoms with Gasteiger partial charge in [-0.2, -0.15) is 0 Å². The van der Waals surface area contributed by atoms with Gasteiger partial charge in [-0.25, -0.2) is 4.98 Å². The summed E-state index contributed by atoms with van der Waals surface area (Å²) in [5, 5.41) is 5.76. The number of ether oxygens (including phenoxy) is 1. The van der Waals surface area contributed by atoms with Gasteiger partial charge in [0.1, 0.15) is 11.8 Å². The number of aromatic amines is 1. The van der Waals surface area contributed by atoms with E-state index in [1.165, 1.54) is 7.11 Å². The fourth-order valence-electron chi connectivity index (χ4n) is 2.60. The van der Waals surface area contributed by atoms with Crippen molar-refractivity contribution >= 4 is 40.4 Å². The molecule has 0 bridgehead atoms. The number of carbonyl (C=O) groups is 2. The molecule has 1 unspecified atom stereocenters. The van der Waals surface area contributed by atoms with Gasteiger partial charge in [0, 0.05) is 0 Å². The van der Waals surface area contributed by atoms with E-state index in [0.29, 0.717) is 16.7 Å². The Morgan fingerprint density at radius 2 is 2.04 bits per heavy atom. The summed E-state index contributed by atoms with van der Waals surface area (Å²) in [6.07, 6.45) is 0.103. The van der Waals surface area contributed by atoms with Crippen LogP contribution in [0.3, 0.4) is 0 Å². The smallest absolute Gasteiger partial charge is 0.248 e. The first-order valence-electron chi connectivity index (χ1n) is 8.33. The van der Waals surface area contributed by atoms with Crippen LogP contribution in [0.1, 0.15) is 12.5 Å². The van der Waals surface area contributed by atoms with Crippen LogP contribution in [0.2, 0.25) is 5.02 Å². The minimum Gasteiger partial charge on any atom is -0.495 e. The molecular weight excluding hydrogens is 368 g/mol. The molecule has 1 heterocycles. The van der Waals surface area contributed by atoms with Gasteiger partial charge in [0.25, 0.3) is 0 Å². The summed E-state index contributed by atoms with van der Waals surface area (Å²) >= 11 is 6.06. The summed E-state index contributed by atoms with van der Waals surface area (Å²) < 4.78 is 5.09. The molecule has 0 fully saturated rings. The SMILES string of the molecule is COc1ccc(CC(=O)NC(C)C(=O)Nc2nc3ccccc3[nH]2)cc1Cl. The minimum atomic E-state index is -0.723. The molecule has 0 aliphatic carbocycles. The van der Waals surface area contributed by atoms with Crippen LogP contribution < -0.4 is 15.4 Å². The number of hydrogen-bond donors (Lipinski definition) is 3. The molecule has 27 heavy (non-hydrogen) atoms. The summed E-state index contributed by atoms with van der Waals surface area (Å²) in [4.78, 5) is 31.8. The van der Waals surface area contributed by atoms with Crippen LogP contribution in [0.15, 0.2) is 42.5 Å². The van der Waals surface area contributed by atoms with Gasteiger partial charge in [0.05, 0.1) is 29.6 Å². The molecule has 3 aromatic rings. The average molecular weight is 387 g/mol. The van der Waals surface area contributed by atoms with Crippen molar-refractivity contribution in [3.8, 4) is 5.75 Å². The summed E-state index contributed by atoms with van der Waals surface area (Å²) in [7, 11) is 1.52. The first kappa shape index (κ1) is 18.7. The van der Waals surface area contributed by atoms with E-state index in [1.807, 2.05) is 24.3 Å². The Balaban J connectivity index is 1.57. The second-order valence-electron chi connectivity index (χ2n) is 6.03.